The maximum absolute atomic E-state index is 12.9. The fourth-order valence-corrected chi connectivity index (χ4v) is 4.62. The van der Waals surface area contributed by atoms with Crippen molar-refractivity contribution >= 4 is 22.6 Å². The number of hydrogen-bond donors (Lipinski definition) is 1. The summed E-state index contributed by atoms with van der Waals surface area (Å²) in [4.78, 5) is 27.9. The number of hydrogen-bond acceptors (Lipinski definition) is 6. The Kier molecular flexibility index (Phi) is 7.34. The van der Waals surface area contributed by atoms with Crippen LogP contribution in [0.5, 0.6) is 5.75 Å². The van der Waals surface area contributed by atoms with Crippen LogP contribution in [0.25, 0.3) is 11.0 Å². The summed E-state index contributed by atoms with van der Waals surface area (Å²) in [6, 6.07) is 12.9. The highest BCUT2D eigenvalue weighted by Gasteiger charge is 2.22. The van der Waals surface area contributed by atoms with Crippen LogP contribution >= 0.6 is 0 Å². The van der Waals surface area contributed by atoms with Gasteiger partial charge in [0.1, 0.15) is 16.9 Å². The first-order chi connectivity index (χ1) is 16.4. The highest BCUT2D eigenvalue weighted by Crippen LogP contribution is 2.29. The third kappa shape index (κ3) is 5.32. The molecule has 2 atom stereocenters. The van der Waals surface area contributed by atoms with Gasteiger partial charge in [-0.25, -0.2) is 4.79 Å². The van der Waals surface area contributed by atoms with Crippen molar-refractivity contribution in [1.82, 2.24) is 4.90 Å². The Morgan fingerprint density at radius 3 is 2.47 bits per heavy atom. The molecule has 0 unspecified atom stereocenters. The predicted molar refractivity (Wildman–Crippen MR) is 133 cm³/mol. The number of nitrogens with one attached hydrogen (secondary N) is 1. The summed E-state index contributed by atoms with van der Waals surface area (Å²) in [6.45, 7) is 8.84. The molecule has 0 saturated carbocycles. The molecule has 0 spiro atoms. The number of benzene rings is 2. The SMILES string of the molecule is CCCc1c(OC)ccc2cc(C(=O)Nc3ccc(CN4C[C@@H](C)O[C@@H](C)C4)cc3)c(=O)oc12. The minimum atomic E-state index is -0.664. The normalized spacial score (nSPS) is 18.7. The molecule has 3 aromatic rings. The van der Waals surface area contributed by atoms with Crippen molar-refractivity contribution in [2.24, 2.45) is 0 Å². The largest absolute Gasteiger partial charge is 0.496 e. The smallest absolute Gasteiger partial charge is 0.349 e. The van der Waals surface area contributed by atoms with Gasteiger partial charge in [-0.15, -0.1) is 0 Å². The van der Waals surface area contributed by atoms with E-state index in [9.17, 15) is 9.59 Å². The maximum atomic E-state index is 12.9. The maximum Gasteiger partial charge on any atom is 0.349 e. The lowest BCUT2D eigenvalue weighted by molar-refractivity contribution is -0.0704. The molecule has 34 heavy (non-hydrogen) atoms. The fourth-order valence-electron chi connectivity index (χ4n) is 4.62. The van der Waals surface area contributed by atoms with Gasteiger partial charge in [0.05, 0.1) is 19.3 Å². The summed E-state index contributed by atoms with van der Waals surface area (Å²) >= 11 is 0. The topological polar surface area (TPSA) is 81.0 Å². The third-order valence-corrected chi connectivity index (χ3v) is 6.04. The zero-order valence-corrected chi connectivity index (χ0v) is 20.2. The molecule has 7 heteroatoms. The fraction of sp³-hybridized carbons (Fsp3) is 0.407. The molecular formula is C27H32N2O5. The Labute approximate surface area is 199 Å². The van der Waals surface area contributed by atoms with Crippen LogP contribution in [-0.4, -0.2) is 43.2 Å². The van der Waals surface area contributed by atoms with Crippen LogP contribution in [0.1, 0.15) is 48.7 Å². The Hall–Kier alpha value is -3.16. The highest BCUT2D eigenvalue weighted by atomic mass is 16.5. The second-order valence-electron chi connectivity index (χ2n) is 8.96. The van der Waals surface area contributed by atoms with Crippen LogP contribution < -0.4 is 15.7 Å². The van der Waals surface area contributed by atoms with Gasteiger partial charge in [0.2, 0.25) is 0 Å². The molecule has 2 heterocycles. The van der Waals surface area contributed by atoms with Crippen molar-refractivity contribution in [3.05, 3.63) is 69.6 Å². The van der Waals surface area contributed by atoms with Gasteiger partial charge in [-0.3, -0.25) is 9.69 Å². The summed E-state index contributed by atoms with van der Waals surface area (Å²) in [5.41, 5.74) is 2.40. The van der Waals surface area contributed by atoms with E-state index in [1.807, 2.05) is 37.3 Å². The average Bonchev–Trinajstić information content (AvgIpc) is 2.80. The molecule has 1 saturated heterocycles. The van der Waals surface area contributed by atoms with Gasteiger partial charge in [-0.2, -0.15) is 0 Å². The van der Waals surface area contributed by atoms with Crippen LogP contribution in [0.3, 0.4) is 0 Å². The minimum Gasteiger partial charge on any atom is -0.496 e. The number of rotatable bonds is 7. The van der Waals surface area contributed by atoms with Crippen LogP contribution in [-0.2, 0) is 17.7 Å². The van der Waals surface area contributed by atoms with Crippen molar-refractivity contribution in [3.8, 4) is 5.75 Å². The molecule has 1 aliphatic rings. The number of anilines is 1. The first kappa shape index (κ1) is 24.0. The lowest BCUT2D eigenvalue weighted by Gasteiger charge is -2.35. The van der Waals surface area contributed by atoms with Crippen molar-refractivity contribution in [3.63, 3.8) is 0 Å². The van der Waals surface area contributed by atoms with E-state index in [1.54, 1.807) is 19.2 Å². The van der Waals surface area contributed by atoms with Crippen molar-refractivity contribution in [1.29, 1.82) is 0 Å². The lowest BCUT2D eigenvalue weighted by Crippen LogP contribution is -2.44. The predicted octanol–water partition coefficient (Wildman–Crippen LogP) is 4.62. The van der Waals surface area contributed by atoms with Crippen LogP contribution in [0.4, 0.5) is 5.69 Å². The zero-order chi connectivity index (χ0) is 24.2. The standard InChI is InChI=1S/C27H32N2O5/c1-5-6-22-24(32-4)12-9-20-13-23(27(31)34-25(20)22)26(30)28-21-10-7-19(8-11-21)16-29-14-17(2)33-18(3)15-29/h7-13,17-18H,5-6,14-16H2,1-4H3,(H,28,30)/t17-,18+. The number of morpholine rings is 1. The number of ether oxygens (including phenoxy) is 2. The van der Waals surface area contributed by atoms with Gasteiger partial charge in [0, 0.05) is 36.3 Å². The Balaban J connectivity index is 1.49. The Bertz CT molecular complexity index is 1210. The first-order valence-electron chi connectivity index (χ1n) is 11.8. The second kappa shape index (κ2) is 10.4. The summed E-state index contributed by atoms with van der Waals surface area (Å²) in [7, 11) is 1.59. The van der Waals surface area contributed by atoms with Gasteiger partial charge in [0.25, 0.3) is 5.91 Å². The molecule has 1 aliphatic heterocycles. The van der Waals surface area contributed by atoms with E-state index in [2.05, 4.69) is 24.1 Å². The molecule has 4 rings (SSSR count). The van der Waals surface area contributed by atoms with Crippen LogP contribution in [0, 0.1) is 0 Å². The number of amides is 1. The van der Waals surface area contributed by atoms with Gasteiger partial charge >= 0.3 is 5.63 Å². The van der Waals surface area contributed by atoms with Crippen molar-refractivity contribution < 1.29 is 18.7 Å². The minimum absolute atomic E-state index is 0.0273. The van der Waals surface area contributed by atoms with E-state index in [-0.39, 0.29) is 17.8 Å². The molecule has 180 valence electrons. The van der Waals surface area contributed by atoms with E-state index in [0.29, 0.717) is 28.8 Å². The van der Waals surface area contributed by atoms with Crippen molar-refractivity contribution in [2.45, 2.75) is 52.4 Å². The van der Waals surface area contributed by atoms with Gasteiger partial charge < -0.3 is 19.2 Å². The summed E-state index contributed by atoms with van der Waals surface area (Å²) in [6.07, 6.45) is 2.02. The molecule has 0 radical (unpaired) electrons. The lowest BCUT2D eigenvalue weighted by atomic mass is 10.0. The monoisotopic (exact) mass is 464 g/mol. The molecule has 2 aromatic carbocycles. The molecule has 1 fully saturated rings. The van der Waals surface area contributed by atoms with E-state index < -0.39 is 11.5 Å². The molecule has 1 amide bonds. The molecule has 7 nitrogen and oxygen atoms in total. The zero-order valence-electron chi connectivity index (χ0n) is 20.2. The van der Waals surface area contributed by atoms with Gasteiger partial charge in [-0.1, -0.05) is 25.5 Å². The summed E-state index contributed by atoms with van der Waals surface area (Å²) in [5, 5.41) is 3.51. The number of carbonyl (C=O) groups excluding carboxylic acids is 1. The van der Waals surface area contributed by atoms with Crippen LogP contribution in [0.15, 0.2) is 51.7 Å². The molecule has 1 aromatic heterocycles. The first-order valence-corrected chi connectivity index (χ1v) is 11.8. The van der Waals surface area contributed by atoms with Gasteiger partial charge in [0.15, 0.2) is 0 Å². The second-order valence-corrected chi connectivity index (χ2v) is 8.96. The number of methoxy groups -OCH3 is 1. The molecular weight excluding hydrogens is 432 g/mol. The quantitative estimate of drug-likeness (QED) is 0.514. The number of nitrogens with zero attached hydrogens (tertiary/aromatic N) is 1. The van der Waals surface area contributed by atoms with E-state index in [0.717, 1.165) is 37.2 Å². The number of aryl methyl sites for hydroxylation is 1. The van der Waals surface area contributed by atoms with E-state index in [1.165, 1.54) is 0 Å². The third-order valence-electron chi connectivity index (χ3n) is 6.04. The Morgan fingerprint density at radius 1 is 1.12 bits per heavy atom. The number of fused-ring (bicyclic) bond motifs is 1. The van der Waals surface area contributed by atoms with E-state index >= 15 is 0 Å². The summed E-state index contributed by atoms with van der Waals surface area (Å²) in [5.74, 6) is 0.183. The summed E-state index contributed by atoms with van der Waals surface area (Å²) < 4.78 is 16.8. The molecule has 0 aliphatic carbocycles. The van der Waals surface area contributed by atoms with E-state index in [4.69, 9.17) is 13.9 Å². The average molecular weight is 465 g/mol. The Morgan fingerprint density at radius 2 is 1.82 bits per heavy atom. The molecule has 0 bridgehead atoms. The van der Waals surface area contributed by atoms with Crippen LogP contribution in [0.2, 0.25) is 0 Å². The molecule has 1 N–H and O–H groups in total. The number of carbonyl (C=O) groups is 1. The van der Waals surface area contributed by atoms with Crippen molar-refractivity contribution in [2.75, 3.05) is 25.5 Å². The highest BCUT2D eigenvalue weighted by molar-refractivity contribution is 6.05. The van der Waals surface area contributed by atoms with Gasteiger partial charge in [-0.05, 0) is 56.2 Å².